The van der Waals surface area contributed by atoms with Crippen LogP contribution < -0.4 is 5.32 Å². The van der Waals surface area contributed by atoms with Gasteiger partial charge >= 0.3 is 0 Å². The highest BCUT2D eigenvalue weighted by Gasteiger charge is 2.34. The van der Waals surface area contributed by atoms with Crippen molar-refractivity contribution in [2.24, 2.45) is 22.2 Å². The quantitative estimate of drug-likeness (QED) is 0.601. The summed E-state index contributed by atoms with van der Waals surface area (Å²) in [5.41, 5.74) is 0.248. The van der Waals surface area contributed by atoms with Crippen molar-refractivity contribution in [2.75, 3.05) is 52.5 Å². The first-order valence-corrected chi connectivity index (χ1v) is 10.9. The van der Waals surface area contributed by atoms with Crippen molar-refractivity contribution in [2.45, 2.75) is 59.4 Å². The van der Waals surface area contributed by atoms with Gasteiger partial charge in [-0.2, -0.15) is 0 Å². The third-order valence-electron chi connectivity index (χ3n) is 6.66. The Labute approximate surface area is 160 Å². The molecule has 0 atom stereocenters. The molecule has 26 heavy (non-hydrogen) atoms. The second-order valence-corrected chi connectivity index (χ2v) is 9.31. The molecule has 0 aromatic heterocycles. The molecule has 5 nitrogen and oxygen atoms in total. The maximum Gasteiger partial charge on any atom is 0.194 e. The molecule has 150 valence electrons. The summed E-state index contributed by atoms with van der Waals surface area (Å²) < 4.78 is 5.37. The Hall–Kier alpha value is -0.810. The van der Waals surface area contributed by atoms with E-state index in [1.165, 1.54) is 38.8 Å². The number of piperazine rings is 1. The number of guanidine groups is 1. The third-order valence-corrected chi connectivity index (χ3v) is 6.66. The molecule has 5 heteroatoms. The van der Waals surface area contributed by atoms with Gasteiger partial charge in [-0.1, -0.05) is 20.8 Å². The van der Waals surface area contributed by atoms with Gasteiger partial charge in [0.05, 0.1) is 19.8 Å². The molecule has 0 spiro atoms. The van der Waals surface area contributed by atoms with Crippen LogP contribution in [0, 0.1) is 17.3 Å². The monoisotopic (exact) mass is 364 g/mol. The minimum atomic E-state index is 0.248. The van der Waals surface area contributed by atoms with Crippen LogP contribution in [0.25, 0.3) is 0 Å². The smallest absolute Gasteiger partial charge is 0.194 e. The van der Waals surface area contributed by atoms with Crippen LogP contribution in [0.15, 0.2) is 4.99 Å². The second-order valence-electron chi connectivity index (χ2n) is 9.31. The zero-order valence-corrected chi connectivity index (χ0v) is 17.5. The molecule has 2 aliphatic heterocycles. The number of nitrogens with one attached hydrogen (secondary N) is 1. The van der Waals surface area contributed by atoms with Crippen molar-refractivity contribution in [3.05, 3.63) is 0 Å². The maximum absolute atomic E-state index is 5.37. The molecule has 0 bridgehead atoms. The van der Waals surface area contributed by atoms with Gasteiger partial charge in [-0.15, -0.1) is 0 Å². The van der Waals surface area contributed by atoms with E-state index in [0.717, 1.165) is 63.2 Å². The standard InChI is InChI=1S/C21H40N4O/c1-5-22-20(23-14-21(4)15-26-16-21)25-12-10-24(11-13-25)19-8-6-18(7-9-19)17(2)3/h17-19H,5-16H2,1-4H3,(H,22,23). The first-order chi connectivity index (χ1) is 12.5. The largest absolute Gasteiger partial charge is 0.380 e. The Morgan fingerprint density at radius 1 is 1.12 bits per heavy atom. The van der Waals surface area contributed by atoms with Crippen molar-refractivity contribution in [1.82, 2.24) is 15.1 Å². The van der Waals surface area contributed by atoms with Gasteiger partial charge in [-0.3, -0.25) is 9.89 Å². The van der Waals surface area contributed by atoms with E-state index in [2.05, 4.69) is 42.8 Å². The van der Waals surface area contributed by atoms with Crippen LogP contribution in [0.4, 0.5) is 0 Å². The van der Waals surface area contributed by atoms with Crippen molar-refractivity contribution in [1.29, 1.82) is 0 Å². The van der Waals surface area contributed by atoms with Crippen LogP contribution in [-0.4, -0.2) is 74.3 Å². The van der Waals surface area contributed by atoms with E-state index >= 15 is 0 Å². The predicted molar refractivity (Wildman–Crippen MR) is 109 cm³/mol. The number of hydrogen-bond donors (Lipinski definition) is 1. The lowest BCUT2D eigenvalue weighted by Gasteiger charge is -2.43. The minimum Gasteiger partial charge on any atom is -0.380 e. The first-order valence-electron chi connectivity index (χ1n) is 10.9. The molecule has 3 rings (SSSR count). The van der Waals surface area contributed by atoms with E-state index in [-0.39, 0.29) is 5.41 Å². The van der Waals surface area contributed by atoms with Gasteiger partial charge in [0.25, 0.3) is 0 Å². The molecule has 3 fully saturated rings. The zero-order valence-electron chi connectivity index (χ0n) is 17.5. The van der Waals surface area contributed by atoms with E-state index in [0.29, 0.717) is 0 Å². The van der Waals surface area contributed by atoms with Crippen molar-refractivity contribution < 1.29 is 4.74 Å². The van der Waals surface area contributed by atoms with Crippen molar-refractivity contribution in [3.63, 3.8) is 0 Å². The van der Waals surface area contributed by atoms with Gasteiger partial charge in [-0.05, 0) is 44.4 Å². The zero-order chi connectivity index (χ0) is 18.6. The molecular weight excluding hydrogens is 324 g/mol. The minimum absolute atomic E-state index is 0.248. The lowest BCUT2D eigenvalue weighted by Crippen LogP contribution is -2.55. The lowest BCUT2D eigenvalue weighted by atomic mass is 9.79. The van der Waals surface area contributed by atoms with Crippen molar-refractivity contribution >= 4 is 5.96 Å². The summed E-state index contributed by atoms with van der Waals surface area (Å²) in [7, 11) is 0. The van der Waals surface area contributed by atoms with E-state index in [9.17, 15) is 0 Å². The summed E-state index contributed by atoms with van der Waals surface area (Å²) >= 11 is 0. The van der Waals surface area contributed by atoms with Gasteiger partial charge in [0.15, 0.2) is 5.96 Å². The highest BCUT2D eigenvalue weighted by molar-refractivity contribution is 5.80. The summed E-state index contributed by atoms with van der Waals surface area (Å²) in [6.45, 7) is 17.3. The average molecular weight is 365 g/mol. The van der Waals surface area contributed by atoms with Crippen LogP contribution >= 0.6 is 0 Å². The van der Waals surface area contributed by atoms with E-state index in [1.807, 2.05) is 0 Å². The van der Waals surface area contributed by atoms with Crippen LogP contribution in [-0.2, 0) is 4.74 Å². The molecule has 1 N–H and O–H groups in total. The molecule has 2 saturated heterocycles. The summed E-state index contributed by atoms with van der Waals surface area (Å²) in [5.74, 6) is 2.91. The molecule has 3 aliphatic rings. The summed E-state index contributed by atoms with van der Waals surface area (Å²) in [6, 6.07) is 0.817. The molecule has 1 aliphatic carbocycles. The topological polar surface area (TPSA) is 40.1 Å². The molecule has 0 unspecified atom stereocenters. The molecule has 2 heterocycles. The highest BCUT2D eigenvalue weighted by Crippen LogP contribution is 2.32. The number of hydrogen-bond acceptors (Lipinski definition) is 3. The fourth-order valence-electron chi connectivity index (χ4n) is 4.67. The summed E-state index contributed by atoms with van der Waals surface area (Å²) in [4.78, 5) is 10.1. The van der Waals surface area contributed by atoms with E-state index in [4.69, 9.17) is 9.73 Å². The second kappa shape index (κ2) is 8.92. The lowest BCUT2D eigenvalue weighted by molar-refractivity contribution is -0.0946. The number of nitrogens with zero attached hydrogens (tertiary/aromatic N) is 3. The van der Waals surface area contributed by atoms with E-state index in [1.54, 1.807) is 0 Å². The number of rotatable bonds is 5. The van der Waals surface area contributed by atoms with Crippen molar-refractivity contribution in [3.8, 4) is 0 Å². The molecule has 1 saturated carbocycles. The van der Waals surface area contributed by atoms with Gasteiger partial charge in [0, 0.05) is 44.2 Å². The maximum atomic E-state index is 5.37. The Kier molecular flexibility index (Phi) is 6.84. The summed E-state index contributed by atoms with van der Waals surface area (Å²) in [5, 5.41) is 3.50. The number of aliphatic imine (C=N–C) groups is 1. The van der Waals surface area contributed by atoms with Crippen LogP contribution in [0.5, 0.6) is 0 Å². The Bertz CT molecular complexity index is 459. The van der Waals surface area contributed by atoms with Crippen LogP contribution in [0.1, 0.15) is 53.4 Å². The molecular formula is C21H40N4O. The van der Waals surface area contributed by atoms with Crippen LogP contribution in [0.3, 0.4) is 0 Å². The SMILES string of the molecule is CCNC(=NCC1(C)COC1)N1CCN(C2CCC(C(C)C)CC2)CC1. The van der Waals surface area contributed by atoms with Gasteiger partial charge in [0.1, 0.15) is 0 Å². The number of ether oxygens (including phenoxy) is 1. The van der Waals surface area contributed by atoms with E-state index < -0.39 is 0 Å². The van der Waals surface area contributed by atoms with Crippen LogP contribution in [0.2, 0.25) is 0 Å². The predicted octanol–water partition coefficient (Wildman–Crippen LogP) is 2.82. The Morgan fingerprint density at radius 3 is 2.27 bits per heavy atom. The van der Waals surface area contributed by atoms with Gasteiger partial charge < -0.3 is 15.0 Å². The van der Waals surface area contributed by atoms with Gasteiger partial charge in [0.2, 0.25) is 0 Å². The van der Waals surface area contributed by atoms with Gasteiger partial charge in [-0.25, -0.2) is 0 Å². The first kappa shape index (κ1) is 19.9. The Balaban J connectivity index is 1.47. The average Bonchev–Trinajstić information content (AvgIpc) is 2.64. The summed E-state index contributed by atoms with van der Waals surface area (Å²) in [6.07, 6.45) is 5.64. The highest BCUT2D eigenvalue weighted by atomic mass is 16.5. The fraction of sp³-hybridized carbons (Fsp3) is 0.952. The molecule has 0 aromatic rings. The molecule has 0 aromatic carbocycles. The third kappa shape index (κ3) is 4.92. The fourth-order valence-corrected chi connectivity index (χ4v) is 4.67. The molecule has 0 radical (unpaired) electrons. The normalized spacial score (nSPS) is 30.3. The Morgan fingerprint density at radius 2 is 1.77 bits per heavy atom. The molecule has 0 amide bonds.